The standard InChI is InChI=1S/C7H6O4.C6H6O2/c8-5-3-1-2-4(6(5)9)7(10)11;7-5-3-1-2-4-6(5)8/h1-3,8-9H,(H,10,11);1-4,7-8H. The average molecular weight is 264 g/mol. The maximum Gasteiger partial charge on any atom is 0.339 e. The summed E-state index contributed by atoms with van der Waals surface area (Å²) in [6.45, 7) is 0. The van der Waals surface area contributed by atoms with E-state index >= 15 is 0 Å². The fraction of sp³-hybridized carbons (Fsp3) is 0. The Labute approximate surface area is 108 Å². The summed E-state index contributed by atoms with van der Waals surface area (Å²) in [5, 5.41) is 43.5. The largest absolute Gasteiger partial charge is 0.504 e. The van der Waals surface area contributed by atoms with Gasteiger partial charge in [0.15, 0.2) is 23.0 Å². The number of aromatic carboxylic acids is 1. The van der Waals surface area contributed by atoms with Gasteiger partial charge in [-0.2, -0.15) is 0 Å². The zero-order chi connectivity index (χ0) is 14.4. The first-order chi connectivity index (χ1) is 8.93. The Morgan fingerprint density at radius 2 is 1.21 bits per heavy atom. The number of carbonyl (C=O) groups is 1. The van der Waals surface area contributed by atoms with Crippen molar-refractivity contribution >= 4 is 5.97 Å². The van der Waals surface area contributed by atoms with E-state index in [2.05, 4.69) is 0 Å². The van der Waals surface area contributed by atoms with Gasteiger partial charge in [-0.25, -0.2) is 4.79 Å². The van der Waals surface area contributed by atoms with Gasteiger partial charge in [0, 0.05) is 0 Å². The van der Waals surface area contributed by atoms with Gasteiger partial charge in [-0.15, -0.1) is 0 Å². The third-order valence-corrected chi connectivity index (χ3v) is 2.13. The van der Waals surface area contributed by atoms with Gasteiger partial charge in [0.1, 0.15) is 5.56 Å². The highest BCUT2D eigenvalue weighted by Crippen LogP contribution is 2.27. The molecule has 0 saturated heterocycles. The van der Waals surface area contributed by atoms with Gasteiger partial charge >= 0.3 is 5.97 Å². The number of phenols is 4. The number of para-hydroxylation sites is 3. The Kier molecular flexibility index (Phi) is 4.59. The van der Waals surface area contributed by atoms with Gasteiger partial charge in [0.25, 0.3) is 0 Å². The third kappa shape index (κ3) is 3.81. The van der Waals surface area contributed by atoms with Crippen LogP contribution in [0.5, 0.6) is 23.0 Å². The monoisotopic (exact) mass is 264 g/mol. The molecule has 0 aliphatic heterocycles. The van der Waals surface area contributed by atoms with Crippen molar-refractivity contribution in [3.05, 3.63) is 48.0 Å². The third-order valence-electron chi connectivity index (χ3n) is 2.13. The molecule has 0 fully saturated rings. The number of phenolic OH excluding ortho intramolecular Hbond substituents is 3. The SMILES string of the molecule is O=C(O)c1cccc(O)c1O.Oc1ccccc1O. The van der Waals surface area contributed by atoms with Crippen LogP contribution in [0.15, 0.2) is 42.5 Å². The molecule has 0 aliphatic rings. The van der Waals surface area contributed by atoms with Crippen molar-refractivity contribution in [3.63, 3.8) is 0 Å². The smallest absolute Gasteiger partial charge is 0.339 e. The molecular weight excluding hydrogens is 252 g/mol. The molecule has 0 aliphatic carbocycles. The normalized spacial score (nSPS) is 9.26. The van der Waals surface area contributed by atoms with Crippen molar-refractivity contribution in [1.82, 2.24) is 0 Å². The van der Waals surface area contributed by atoms with Gasteiger partial charge in [-0.3, -0.25) is 0 Å². The van der Waals surface area contributed by atoms with E-state index in [1.54, 1.807) is 12.1 Å². The van der Waals surface area contributed by atoms with E-state index in [1.165, 1.54) is 30.3 Å². The van der Waals surface area contributed by atoms with Crippen LogP contribution in [0.2, 0.25) is 0 Å². The van der Waals surface area contributed by atoms with Crippen LogP contribution in [0.1, 0.15) is 10.4 Å². The number of hydrogen-bond acceptors (Lipinski definition) is 5. The molecule has 2 aromatic rings. The van der Waals surface area contributed by atoms with Crippen molar-refractivity contribution in [1.29, 1.82) is 0 Å². The van der Waals surface area contributed by atoms with E-state index in [4.69, 9.17) is 25.5 Å². The van der Waals surface area contributed by atoms with Crippen LogP contribution in [-0.2, 0) is 0 Å². The topological polar surface area (TPSA) is 118 Å². The number of rotatable bonds is 1. The molecule has 0 unspecified atom stereocenters. The van der Waals surface area contributed by atoms with E-state index in [0.717, 1.165) is 0 Å². The second-order valence-electron chi connectivity index (χ2n) is 3.47. The minimum absolute atomic E-state index is 0.0764. The molecule has 0 bridgehead atoms. The maximum atomic E-state index is 10.3. The summed E-state index contributed by atoms with van der Waals surface area (Å²) >= 11 is 0. The molecule has 6 nitrogen and oxygen atoms in total. The van der Waals surface area contributed by atoms with Crippen LogP contribution in [0.3, 0.4) is 0 Å². The minimum atomic E-state index is -1.27. The van der Waals surface area contributed by atoms with Gasteiger partial charge < -0.3 is 25.5 Å². The zero-order valence-electron chi connectivity index (χ0n) is 9.69. The summed E-state index contributed by atoms with van der Waals surface area (Å²) in [6, 6.07) is 9.91. The Bertz CT molecular complexity index is 558. The Balaban J connectivity index is 0.000000200. The lowest BCUT2D eigenvalue weighted by Gasteiger charge is -1.99. The van der Waals surface area contributed by atoms with E-state index in [-0.39, 0.29) is 17.1 Å². The van der Waals surface area contributed by atoms with E-state index in [1.807, 2.05) is 0 Å². The predicted octanol–water partition coefficient (Wildman–Crippen LogP) is 1.89. The second kappa shape index (κ2) is 6.15. The van der Waals surface area contributed by atoms with Crippen molar-refractivity contribution in [2.24, 2.45) is 0 Å². The number of hydrogen-bond donors (Lipinski definition) is 5. The quantitative estimate of drug-likeness (QED) is 0.502. The van der Waals surface area contributed by atoms with E-state index in [9.17, 15) is 4.79 Å². The predicted molar refractivity (Wildman–Crippen MR) is 66.5 cm³/mol. The summed E-state index contributed by atoms with van der Waals surface area (Å²) in [5.41, 5.74) is -0.301. The molecule has 0 amide bonds. The molecule has 5 N–H and O–H groups in total. The fourth-order valence-electron chi connectivity index (χ4n) is 1.17. The Hall–Kier alpha value is -2.89. The number of benzene rings is 2. The summed E-state index contributed by atoms with van der Waals surface area (Å²) in [5.74, 6) is -2.44. The summed E-state index contributed by atoms with van der Waals surface area (Å²) in [4.78, 5) is 10.3. The number of carboxylic acid groups (broad SMARTS) is 1. The highest BCUT2D eigenvalue weighted by Gasteiger charge is 2.11. The Morgan fingerprint density at radius 3 is 1.58 bits per heavy atom. The minimum Gasteiger partial charge on any atom is -0.504 e. The molecule has 19 heavy (non-hydrogen) atoms. The molecule has 2 aromatic carbocycles. The van der Waals surface area contributed by atoms with Crippen LogP contribution in [0.4, 0.5) is 0 Å². The fourth-order valence-corrected chi connectivity index (χ4v) is 1.17. The first-order valence-electron chi connectivity index (χ1n) is 5.14. The zero-order valence-corrected chi connectivity index (χ0v) is 9.69. The molecular formula is C13H12O6. The van der Waals surface area contributed by atoms with E-state index < -0.39 is 17.5 Å². The lowest BCUT2D eigenvalue weighted by molar-refractivity contribution is 0.0693. The van der Waals surface area contributed by atoms with Crippen molar-refractivity contribution < 1.29 is 30.3 Å². The van der Waals surface area contributed by atoms with Crippen LogP contribution in [-0.4, -0.2) is 31.5 Å². The van der Waals surface area contributed by atoms with Gasteiger partial charge in [-0.1, -0.05) is 18.2 Å². The molecule has 0 radical (unpaired) electrons. The molecule has 6 heteroatoms. The van der Waals surface area contributed by atoms with Crippen molar-refractivity contribution in [3.8, 4) is 23.0 Å². The summed E-state index contributed by atoms with van der Waals surface area (Å²) in [7, 11) is 0. The molecule has 0 spiro atoms. The van der Waals surface area contributed by atoms with Gasteiger partial charge in [0.05, 0.1) is 0 Å². The lowest BCUT2D eigenvalue weighted by Crippen LogP contribution is -1.95. The molecule has 0 saturated carbocycles. The first kappa shape index (κ1) is 14.2. The molecule has 0 atom stereocenters. The number of aromatic hydroxyl groups is 4. The van der Waals surface area contributed by atoms with Gasteiger partial charge in [-0.05, 0) is 24.3 Å². The van der Waals surface area contributed by atoms with Crippen molar-refractivity contribution in [2.45, 2.75) is 0 Å². The van der Waals surface area contributed by atoms with E-state index in [0.29, 0.717) is 0 Å². The first-order valence-corrected chi connectivity index (χ1v) is 5.14. The highest BCUT2D eigenvalue weighted by molar-refractivity contribution is 5.91. The second-order valence-corrected chi connectivity index (χ2v) is 3.47. The van der Waals surface area contributed by atoms with Crippen molar-refractivity contribution in [2.75, 3.05) is 0 Å². The highest BCUT2D eigenvalue weighted by atomic mass is 16.4. The van der Waals surface area contributed by atoms with Crippen LogP contribution >= 0.6 is 0 Å². The summed E-state index contributed by atoms with van der Waals surface area (Å²) in [6.07, 6.45) is 0. The molecule has 100 valence electrons. The van der Waals surface area contributed by atoms with Crippen LogP contribution in [0.25, 0.3) is 0 Å². The average Bonchev–Trinajstić information content (AvgIpc) is 2.37. The maximum absolute atomic E-state index is 10.3. The Morgan fingerprint density at radius 1 is 0.737 bits per heavy atom. The van der Waals surface area contributed by atoms with Crippen LogP contribution in [0, 0.1) is 0 Å². The van der Waals surface area contributed by atoms with Crippen LogP contribution < -0.4 is 0 Å². The van der Waals surface area contributed by atoms with Gasteiger partial charge in [0.2, 0.25) is 0 Å². The molecule has 2 rings (SSSR count). The summed E-state index contributed by atoms with van der Waals surface area (Å²) < 4.78 is 0. The molecule has 0 aromatic heterocycles. The lowest BCUT2D eigenvalue weighted by atomic mass is 10.2. The molecule has 0 heterocycles. The number of carboxylic acids is 1.